The summed E-state index contributed by atoms with van der Waals surface area (Å²) >= 11 is 0. The molecular weight excluding hydrogens is 227 g/mol. The zero-order valence-corrected chi connectivity index (χ0v) is 10.6. The molecule has 0 heterocycles. The molecule has 3 heteroatoms. The Bertz CT molecular complexity index is 425. The summed E-state index contributed by atoms with van der Waals surface area (Å²) in [6.07, 6.45) is 4.15. The van der Waals surface area contributed by atoms with E-state index in [1.54, 1.807) is 0 Å². The van der Waals surface area contributed by atoms with Crippen LogP contribution in [-0.2, 0) is 5.67 Å². The van der Waals surface area contributed by atoms with Crippen LogP contribution in [0.3, 0.4) is 0 Å². The van der Waals surface area contributed by atoms with Gasteiger partial charge in [0, 0.05) is 17.5 Å². The number of rotatable bonds is 2. The van der Waals surface area contributed by atoms with Crippen molar-refractivity contribution in [1.82, 2.24) is 0 Å². The highest BCUT2D eigenvalue weighted by atomic mass is 19.1. The number of nitrogens with two attached hydrogens (primary N) is 2. The van der Waals surface area contributed by atoms with Crippen LogP contribution in [0.15, 0.2) is 30.3 Å². The zero-order chi connectivity index (χ0) is 12.8. The lowest BCUT2D eigenvalue weighted by Gasteiger charge is -2.37. The standard InChI is InChI=1S/C15H21FN2/c16-15(11-4-2-1-3-5-11)10-13(15)14(18)8-6-12(17)7-9-14/h1-5,12-13H,6-10,17-18H2. The number of alkyl halides is 1. The molecule has 0 amide bonds. The zero-order valence-electron chi connectivity index (χ0n) is 10.6. The molecule has 2 saturated carbocycles. The van der Waals surface area contributed by atoms with E-state index in [0.29, 0.717) is 6.42 Å². The lowest BCUT2D eigenvalue weighted by Crippen LogP contribution is -2.49. The van der Waals surface area contributed by atoms with Crippen molar-refractivity contribution in [2.75, 3.05) is 0 Å². The lowest BCUT2D eigenvalue weighted by molar-refractivity contribution is 0.180. The molecule has 0 saturated heterocycles. The van der Waals surface area contributed by atoms with Crippen molar-refractivity contribution in [2.45, 2.75) is 49.4 Å². The van der Waals surface area contributed by atoms with Crippen LogP contribution in [0.5, 0.6) is 0 Å². The van der Waals surface area contributed by atoms with E-state index in [1.165, 1.54) is 0 Å². The average Bonchev–Trinajstić information content (AvgIpc) is 3.09. The van der Waals surface area contributed by atoms with Gasteiger partial charge in [0.25, 0.3) is 0 Å². The predicted octanol–water partition coefficient (Wildman–Crippen LogP) is 2.47. The summed E-state index contributed by atoms with van der Waals surface area (Å²) in [5.74, 6) is -0.0279. The van der Waals surface area contributed by atoms with E-state index in [2.05, 4.69) is 0 Å². The Morgan fingerprint density at radius 3 is 2.33 bits per heavy atom. The van der Waals surface area contributed by atoms with Crippen LogP contribution in [-0.4, -0.2) is 11.6 Å². The molecule has 2 aliphatic carbocycles. The molecule has 2 aliphatic rings. The molecular formula is C15H21FN2. The highest BCUT2D eigenvalue weighted by Crippen LogP contribution is 2.62. The quantitative estimate of drug-likeness (QED) is 0.844. The fourth-order valence-electron chi connectivity index (χ4n) is 3.46. The first kappa shape index (κ1) is 12.1. The monoisotopic (exact) mass is 248 g/mol. The minimum Gasteiger partial charge on any atom is -0.328 e. The van der Waals surface area contributed by atoms with Crippen LogP contribution in [0.1, 0.15) is 37.7 Å². The van der Waals surface area contributed by atoms with Crippen LogP contribution >= 0.6 is 0 Å². The number of hydrogen-bond acceptors (Lipinski definition) is 2. The van der Waals surface area contributed by atoms with Gasteiger partial charge in [-0.25, -0.2) is 4.39 Å². The van der Waals surface area contributed by atoms with Gasteiger partial charge in [-0.05, 0) is 37.7 Å². The van der Waals surface area contributed by atoms with Crippen molar-refractivity contribution in [1.29, 1.82) is 0 Å². The third-order valence-electron chi connectivity index (χ3n) is 4.80. The Labute approximate surface area is 108 Å². The third kappa shape index (κ3) is 1.86. The second-order valence-electron chi connectivity index (χ2n) is 6.06. The molecule has 2 nitrogen and oxygen atoms in total. The molecule has 0 bridgehead atoms. The van der Waals surface area contributed by atoms with Crippen molar-refractivity contribution in [3.8, 4) is 0 Å². The van der Waals surface area contributed by atoms with Crippen molar-refractivity contribution in [3.05, 3.63) is 35.9 Å². The van der Waals surface area contributed by atoms with E-state index in [9.17, 15) is 4.39 Å². The van der Waals surface area contributed by atoms with E-state index in [1.807, 2.05) is 30.3 Å². The van der Waals surface area contributed by atoms with Crippen LogP contribution in [0.2, 0.25) is 0 Å². The second-order valence-corrected chi connectivity index (χ2v) is 6.06. The summed E-state index contributed by atoms with van der Waals surface area (Å²) in [5, 5.41) is 0. The second kappa shape index (κ2) is 4.04. The number of benzene rings is 1. The Morgan fingerprint density at radius 1 is 1.11 bits per heavy atom. The number of hydrogen-bond donors (Lipinski definition) is 2. The molecule has 0 radical (unpaired) electrons. The normalized spacial score (nSPS) is 43.7. The van der Waals surface area contributed by atoms with Gasteiger partial charge in [0.2, 0.25) is 0 Å². The van der Waals surface area contributed by atoms with E-state index in [-0.39, 0.29) is 17.5 Å². The SMILES string of the molecule is NC1CCC(N)(C2CC2(F)c2ccccc2)CC1. The minimum absolute atomic E-state index is 0.0279. The van der Waals surface area contributed by atoms with Gasteiger partial charge in [-0.15, -0.1) is 0 Å². The minimum atomic E-state index is -1.20. The summed E-state index contributed by atoms with van der Waals surface area (Å²) < 4.78 is 14.9. The Kier molecular flexibility index (Phi) is 2.72. The van der Waals surface area contributed by atoms with Crippen molar-refractivity contribution >= 4 is 0 Å². The third-order valence-corrected chi connectivity index (χ3v) is 4.80. The first-order valence-electron chi connectivity index (χ1n) is 6.83. The number of halogens is 1. The predicted molar refractivity (Wildman–Crippen MR) is 70.7 cm³/mol. The summed E-state index contributed by atoms with van der Waals surface area (Å²) in [5.41, 5.74) is 11.6. The lowest BCUT2D eigenvalue weighted by atomic mass is 9.76. The Morgan fingerprint density at radius 2 is 1.72 bits per heavy atom. The van der Waals surface area contributed by atoms with Crippen LogP contribution in [0, 0.1) is 5.92 Å². The summed E-state index contributed by atoms with van der Waals surface area (Å²) in [6, 6.07) is 9.71. The van der Waals surface area contributed by atoms with Gasteiger partial charge in [-0.3, -0.25) is 0 Å². The molecule has 3 rings (SSSR count). The van der Waals surface area contributed by atoms with Gasteiger partial charge >= 0.3 is 0 Å². The van der Waals surface area contributed by atoms with E-state index < -0.39 is 5.67 Å². The van der Waals surface area contributed by atoms with E-state index >= 15 is 0 Å². The first-order chi connectivity index (χ1) is 8.55. The van der Waals surface area contributed by atoms with Gasteiger partial charge in [0.05, 0.1) is 0 Å². The molecule has 0 spiro atoms. The molecule has 1 aromatic carbocycles. The molecule has 2 unspecified atom stereocenters. The van der Waals surface area contributed by atoms with Crippen LogP contribution in [0.25, 0.3) is 0 Å². The van der Waals surface area contributed by atoms with E-state index in [0.717, 1.165) is 31.2 Å². The van der Waals surface area contributed by atoms with Crippen LogP contribution < -0.4 is 11.5 Å². The Balaban J connectivity index is 1.77. The molecule has 2 atom stereocenters. The maximum atomic E-state index is 14.9. The largest absolute Gasteiger partial charge is 0.328 e. The van der Waals surface area contributed by atoms with E-state index in [4.69, 9.17) is 11.5 Å². The molecule has 18 heavy (non-hydrogen) atoms. The summed E-state index contributed by atoms with van der Waals surface area (Å²) in [6.45, 7) is 0. The van der Waals surface area contributed by atoms with Crippen molar-refractivity contribution in [3.63, 3.8) is 0 Å². The van der Waals surface area contributed by atoms with Gasteiger partial charge in [0.15, 0.2) is 0 Å². The molecule has 0 aromatic heterocycles. The first-order valence-corrected chi connectivity index (χ1v) is 6.83. The topological polar surface area (TPSA) is 52.0 Å². The Hall–Kier alpha value is -0.930. The maximum absolute atomic E-state index is 14.9. The fraction of sp³-hybridized carbons (Fsp3) is 0.600. The highest BCUT2D eigenvalue weighted by molar-refractivity contribution is 5.32. The smallest absolute Gasteiger partial charge is 0.141 e. The maximum Gasteiger partial charge on any atom is 0.141 e. The summed E-state index contributed by atoms with van der Waals surface area (Å²) in [7, 11) is 0. The molecule has 2 fully saturated rings. The van der Waals surface area contributed by atoms with Crippen molar-refractivity contribution in [2.24, 2.45) is 17.4 Å². The molecule has 98 valence electrons. The molecule has 0 aliphatic heterocycles. The van der Waals surface area contributed by atoms with Gasteiger partial charge in [-0.1, -0.05) is 30.3 Å². The van der Waals surface area contributed by atoms with Gasteiger partial charge in [-0.2, -0.15) is 0 Å². The highest BCUT2D eigenvalue weighted by Gasteiger charge is 2.64. The fourth-order valence-corrected chi connectivity index (χ4v) is 3.46. The average molecular weight is 248 g/mol. The van der Waals surface area contributed by atoms with Gasteiger partial charge < -0.3 is 11.5 Å². The summed E-state index contributed by atoms with van der Waals surface area (Å²) in [4.78, 5) is 0. The van der Waals surface area contributed by atoms with Gasteiger partial charge in [0.1, 0.15) is 5.67 Å². The van der Waals surface area contributed by atoms with Crippen LogP contribution in [0.4, 0.5) is 4.39 Å². The molecule has 1 aromatic rings. The van der Waals surface area contributed by atoms with Crippen molar-refractivity contribution < 1.29 is 4.39 Å². The molecule has 4 N–H and O–H groups in total.